The molecule has 190 valence electrons. The fourth-order valence-corrected chi connectivity index (χ4v) is 5.82. The molecule has 3 rings (SSSR count). The molecule has 1 aliphatic carbocycles. The summed E-state index contributed by atoms with van der Waals surface area (Å²) in [4.78, 5) is 27.9. The highest BCUT2D eigenvalue weighted by Gasteiger charge is 2.28. The van der Waals surface area contributed by atoms with Crippen molar-refractivity contribution in [3.8, 4) is 0 Å². The van der Waals surface area contributed by atoms with Gasteiger partial charge >= 0.3 is 0 Å². The minimum Gasteiger partial charge on any atom is -0.352 e. The molecule has 1 atom stereocenters. The Morgan fingerprint density at radius 2 is 1.77 bits per heavy atom. The lowest BCUT2D eigenvalue weighted by Gasteiger charge is -2.30. The van der Waals surface area contributed by atoms with Gasteiger partial charge in [-0.3, -0.25) is 13.9 Å². The molecule has 0 saturated heterocycles. The predicted octanol–water partition coefficient (Wildman–Crippen LogP) is 4.47. The second-order valence-corrected chi connectivity index (χ2v) is 11.9. The van der Waals surface area contributed by atoms with Crippen molar-refractivity contribution in [3.63, 3.8) is 0 Å². The number of rotatable bonds is 11. The molecule has 0 spiro atoms. The molecule has 1 N–H and O–H groups in total. The molecule has 2 aromatic carbocycles. The molecule has 9 heteroatoms. The number of nitrogens with zero attached hydrogens (tertiary/aromatic N) is 2. The summed E-state index contributed by atoms with van der Waals surface area (Å²) in [5.41, 5.74) is 1.48. The number of halogens is 1. The third-order valence-corrected chi connectivity index (χ3v) is 7.99. The maximum absolute atomic E-state index is 13.3. The van der Waals surface area contributed by atoms with Crippen LogP contribution < -0.4 is 9.62 Å². The van der Waals surface area contributed by atoms with Crippen LogP contribution in [0.1, 0.15) is 51.0 Å². The Hall–Kier alpha value is -2.39. The number of hydrogen-bond donors (Lipinski definition) is 1. The van der Waals surface area contributed by atoms with Crippen molar-refractivity contribution in [2.45, 2.75) is 64.1 Å². The molecule has 1 saturated carbocycles. The molecule has 0 aromatic heterocycles. The highest BCUT2D eigenvalue weighted by Crippen LogP contribution is 2.21. The van der Waals surface area contributed by atoms with Gasteiger partial charge in [0.1, 0.15) is 6.04 Å². The van der Waals surface area contributed by atoms with Crippen LogP contribution in [0, 0.1) is 0 Å². The van der Waals surface area contributed by atoms with Crippen LogP contribution in [0.25, 0.3) is 0 Å². The van der Waals surface area contributed by atoms with Gasteiger partial charge in [0, 0.05) is 30.0 Å². The molecular formula is C26H34BrN3O4S. The normalized spacial score (nSPS) is 14.9. The Morgan fingerprint density at radius 3 is 2.40 bits per heavy atom. The Kier molecular flexibility index (Phi) is 9.74. The van der Waals surface area contributed by atoms with Gasteiger partial charge in [-0.05, 0) is 56.0 Å². The Bertz CT molecular complexity index is 1100. The zero-order valence-electron chi connectivity index (χ0n) is 20.3. The number of amides is 2. The molecule has 35 heavy (non-hydrogen) atoms. The van der Waals surface area contributed by atoms with Crippen LogP contribution in [0.4, 0.5) is 5.69 Å². The molecule has 1 unspecified atom stereocenters. The smallest absolute Gasteiger partial charge is 0.242 e. The quantitative estimate of drug-likeness (QED) is 0.437. The molecule has 1 fully saturated rings. The van der Waals surface area contributed by atoms with Crippen molar-refractivity contribution in [3.05, 3.63) is 64.6 Å². The summed E-state index contributed by atoms with van der Waals surface area (Å²) < 4.78 is 26.9. The second-order valence-electron chi connectivity index (χ2n) is 9.09. The average Bonchev–Trinajstić information content (AvgIpc) is 3.32. The first-order valence-electron chi connectivity index (χ1n) is 12.0. The number of carbonyl (C=O) groups is 2. The number of carbonyl (C=O) groups excluding carboxylic acids is 2. The highest BCUT2D eigenvalue weighted by molar-refractivity contribution is 9.10. The van der Waals surface area contributed by atoms with Gasteiger partial charge in [0.25, 0.3) is 0 Å². The summed E-state index contributed by atoms with van der Waals surface area (Å²) in [5.74, 6) is -0.331. The maximum Gasteiger partial charge on any atom is 0.242 e. The Morgan fingerprint density at radius 1 is 1.09 bits per heavy atom. The summed E-state index contributed by atoms with van der Waals surface area (Å²) in [6.45, 7) is 2.24. The van der Waals surface area contributed by atoms with Crippen LogP contribution in [-0.2, 0) is 26.2 Å². The molecule has 1 aliphatic rings. The second kappa shape index (κ2) is 12.5. The van der Waals surface area contributed by atoms with E-state index in [1.54, 1.807) is 36.1 Å². The first-order chi connectivity index (χ1) is 16.6. The SMILES string of the molecule is CC(C(=O)NC1CCCC1)N(Cc1cccc(Br)c1)C(=O)CCCN(c1ccccc1)S(C)(=O)=O. The zero-order chi connectivity index (χ0) is 25.4. The molecule has 2 amide bonds. The van der Waals surface area contributed by atoms with E-state index in [2.05, 4.69) is 21.2 Å². The lowest BCUT2D eigenvalue weighted by molar-refractivity contribution is -0.141. The number of hydrogen-bond acceptors (Lipinski definition) is 4. The van der Waals surface area contributed by atoms with E-state index >= 15 is 0 Å². The molecule has 0 aliphatic heterocycles. The van der Waals surface area contributed by atoms with E-state index < -0.39 is 16.1 Å². The number of anilines is 1. The average molecular weight is 565 g/mol. The van der Waals surface area contributed by atoms with Gasteiger partial charge in [-0.2, -0.15) is 0 Å². The maximum atomic E-state index is 13.3. The standard InChI is InChI=1S/C26H34BrN3O4S/c1-20(26(32)28-23-12-6-7-13-23)29(19-21-10-8-11-22(27)18-21)25(31)16-9-17-30(35(2,33)34)24-14-4-3-5-15-24/h3-5,8,10-11,14-15,18,20,23H,6-7,9,12-13,16-17,19H2,1-2H3,(H,28,32). The van der Waals surface area contributed by atoms with E-state index in [-0.39, 0.29) is 30.8 Å². The number of benzene rings is 2. The van der Waals surface area contributed by atoms with Crippen molar-refractivity contribution in [1.29, 1.82) is 0 Å². The molecule has 0 bridgehead atoms. The molecule has 0 heterocycles. The van der Waals surface area contributed by atoms with Crippen molar-refractivity contribution >= 4 is 43.5 Å². The van der Waals surface area contributed by atoms with E-state index in [1.807, 2.05) is 30.3 Å². The van der Waals surface area contributed by atoms with Gasteiger partial charge in [0.05, 0.1) is 11.9 Å². The monoisotopic (exact) mass is 563 g/mol. The van der Waals surface area contributed by atoms with Gasteiger partial charge in [-0.25, -0.2) is 8.42 Å². The lowest BCUT2D eigenvalue weighted by Crippen LogP contribution is -2.49. The van der Waals surface area contributed by atoms with Gasteiger partial charge in [-0.1, -0.05) is 59.1 Å². The zero-order valence-corrected chi connectivity index (χ0v) is 22.7. The largest absolute Gasteiger partial charge is 0.352 e. The molecule has 2 aromatic rings. The third-order valence-electron chi connectivity index (χ3n) is 6.31. The highest BCUT2D eigenvalue weighted by atomic mass is 79.9. The van der Waals surface area contributed by atoms with E-state index in [4.69, 9.17) is 0 Å². The van der Waals surface area contributed by atoms with Crippen LogP contribution in [0.3, 0.4) is 0 Å². The Balaban J connectivity index is 1.70. The van der Waals surface area contributed by atoms with Crippen LogP contribution in [0.5, 0.6) is 0 Å². The van der Waals surface area contributed by atoms with Crippen molar-refractivity contribution in [2.24, 2.45) is 0 Å². The van der Waals surface area contributed by atoms with Crippen LogP contribution >= 0.6 is 15.9 Å². The number of nitrogens with one attached hydrogen (secondary N) is 1. The first kappa shape index (κ1) is 27.2. The van der Waals surface area contributed by atoms with E-state index in [9.17, 15) is 18.0 Å². The van der Waals surface area contributed by atoms with Gasteiger partial charge in [0.15, 0.2) is 0 Å². The minimum atomic E-state index is -3.49. The fraction of sp³-hybridized carbons (Fsp3) is 0.462. The van der Waals surface area contributed by atoms with Gasteiger partial charge in [-0.15, -0.1) is 0 Å². The molecule has 0 radical (unpaired) electrons. The summed E-state index contributed by atoms with van der Waals surface area (Å²) in [7, 11) is -3.49. The number of para-hydroxylation sites is 1. The minimum absolute atomic E-state index is 0.133. The third kappa shape index (κ3) is 8.07. The van der Waals surface area contributed by atoms with Crippen molar-refractivity contribution in [2.75, 3.05) is 17.1 Å². The van der Waals surface area contributed by atoms with Crippen LogP contribution in [0.2, 0.25) is 0 Å². The summed E-state index contributed by atoms with van der Waals surface area (Å²) in [6, 6.07) is 16.1. The number of sulfonamides is 1. The van der Waals surface area contributed by atoms with Crippen molar-refractivity contribution < 1.29 is 18.0 Å². The summed E-state index contributed by atoms with van der Waals surface area (Å²) in [6.07, 6.45) is 5.80. The van der Waals surface area contributed by atoms with E-state index in [1.165, 1.54) is 4.31 Å². The Labute approximate surface area is 217 Å². The first-order valence-corrected chi connectivity index (χ1v) is 14.7. The van der Waals surface area contributed by atoms with Gasteiger partial charge < -0.3 is 10.2 Å². The lowest BCUT2D eigenvalue weighted by atomic mass is 10.1. The van der Waals surface area contributed by atoms with E-state index in [0.29, 0.717) is 18.7 Å². The summed E-state index contributed by atoms with van der Waals surface area (Å²) >= 11 is 3.47. The van der Waals surface area contributed by atoms with Crippen molar-refractivity contribution in [1.82, 2.24) is 10.2 Å². The van der Waals surface area contributed by atoms with Crippen LogP contribution in [0.15, 0.2) is 59.1 Å². The van der Waals surface area contributed by atoms with Gasteiger partial charge in [0.2, 0.25) is 21.8 Å². The molecular weight excluding hydrogens is 530 g/mol. The fourth-order valence-electron chi connectivity index (χ4n) is 4.40. The molecule has 7 nitrogen and oxygen atoms in total. The van der Waals surface area contributed by atoms with Crippen LogP contribution in [-0.4, -0.2) is 50.0 Å². The van der Waals surface area contributed by atoms with E-state index in [0.717, 1.165) is 42.0 Å². The predicted molar refractivity (Wildman–Crippen MR) is 142 cm³/mol. The summed E-state index contributed by atoms with van der Waals surface area (Å²) in [5, 5.41) is 3.10. The topological polar surface area (TPSA) is 86.8 Å².